The summed E-state index contributed by atoms with van der Waals surface area (Å²) in [5.41, 5.74) is 3.37. The first-order valence-electron chi connectivity index (χ1n) is 7.48. The van der Waals surface area contributed by atoms with Crippen LogP contribution in [-0.2, 0) is 9.53 Å². The van der Waals surface area contributed by atoms with E-state index in [2.05, 4.69) is 0 Å². The van der Waals surface area contributed by atoms with Gasteiger partial charge in [0.2, 0.25) is 0 Å². The zero-order valence-corrected chi connectivity index (χ0v) is 13.2. The first-order valence-corrected chi connectivity index (χ1v) is 7.48. The maximum absolute atomic E-state index is 12.0. The summed E-state index contributed by atoms with van der Waals surface area (Å²) < 4.78 is 10.5. The highest BCUT2D eigenvalue weighted by Gasteiger charge is 2.21. The number of carbonyl (C=O) groups excluding carboxylic acids is 1. The zero-order valence-electron chi connectivity index (χ0n) is 13.2. The van der Waals surface area contributed by atoms with Gasteiger partial charge in [-0.2, -0.15) is 5.26 Å². The zero-order chi connectivity index (χ0) is 16.9. The van der Waals surface area contributed by atoms with Gasteiger partial charge in [0.25, 0.3) is 0 Å². The second kappa shape index (κ2) is 6.84. The number of rotatable bonds is 4. The van der Waals surface area contributed by atoms with Crippen LogP contribution in [0, 0.1) is 18.3 Å². The third-order valence-electron chi connectivity index (χ3n) is 3.57. The van der Waals surface area contributed by atoms with Crippen LogP contribution in [0.2, 0.25) is 0 Å². The largest absolute Gasteiger partial charge is 0.479 e. The second-order valence-electron chi connectivity index (χ2n) is 5.38. The molecule has 0 N–H and O–H groups in total. The van der Waals surface area contributed by atoms with Gasteiger partial charge in [0.15, 0.2) is 6.61 Å². The quantitative estimate of drug-likeness (QED) is 0.634. The molecular weight excluding hydrogens is 302 g/mol. The van der Waals surface area contributed by atoms with Gasteiger partial charge in [-0.05, 0) is 36.8 Å². The second-order valence-corrected chi connectivity index (χ2v) is 5.38. The first kappa shape index (κ1) is 15.6. The molecule has 0 radical (unpaired) electrons. The Balaban J connectivity index is 1.80. The summed E-state index contributed by atoms with van der Waals surface area (Å²) >= 11 is 0. The lowest BCUT2D eigenvalue weighted by molar-refractivity contribution is -0.130. The molecule has 1 aliphatic heterocycles. The summed E-state index contributed by atoms with van der Waals surface area (Å²) in [6, 6.07) is 16.9. The maximum Gasteiger partial charge on any atom is 0.343 e. The van der Waals surface area contributed by atoms with E-state index < -0.39 is 0 Å². The van der Waals surface area contributed by atoms with Gasteiger partial charge in [0, 0.05) is 5.56 Å². The minimum absolute atomic E-state index is 0.00933. The van der Waals surface area contributed by atoms with Crippen LogP contribution < -0.4 is 4.74 Å². The Morgan fingerprint density at radius 3 is 2.50 bits per heavy atom. The normalized spacial score (nSPS) is 14.9. The van der Waals surface area contributed by atoms with Crippen molar-refractivity contribution in [1.29, 1.82) is 5.26 Å². The average molecular weight is 317 g/mol. The molecule has 0 saturated heterocycles. The van der Waals surface area contributed by atoms with Crippen LogP contribution in [0.4, 0.5) is 0 Å². The molecule has 0 saturated carbocycles. The molecule has 1 aliphatic rings. The van der Waals surface area contributed by atoms with Gasteiger partial charge in [-0.15, -0.1) is 0 Å². The van der Waals surface area contributed by atoms with Crippen molar-refractivity contribution < 1.29 is 14.3 Å². The highest BCUT2D eigenvalue weighted by atomic mass is 16.5. The van der Waals surface area contributed by atoms with E-state index in [0.717, 1.165) is 16.7 Å². The highest BCUT2D eigenvalue weighted by molar-refractivity contribution is 6.05. The van der Waals surface area contributed by atoms with Gasteiger partial charge in [-0.1, -0.05) is 42.0 Å². The molecule has 0 aromatic heterocycles. The van der Waals surface area contributed by atoms with E-state index in [0.29, 0.717) is 17.1 Å². The predicted molar refractivity (Wildman–Crippen MR) is 90.8 cm³/mol. The first-order chi connectivity index (χ1) is 11.7. The minimum Gasteiger partial charge on any atom is -0.479 e. The van der Waals surface area contributed by atoms with E-state index in [4.69, 9.17) is 14.7 Å². The van der Waals surface area contributed by atoms with Crippen molar-refractivity contribution in [1.82, 2.24) is 0 Å². The third kappa shape index (κ3) is 3.53. The maximum atomic E-state index is 12.0. The number of hydrogen-bond donors (Lipinski definition) is 0. The molecule has 0 aliphatic carbocycles. The van der Waals surface area contributed by atoms with Crippen molar-refractivity contribution in [2.75, 3.05) is 6.61 Å². The van der Waals surface area contributed by atoms with Crippen LogP contribution in [0.5, 0.6) is 5.75 Å². The monoisotopic (exact) mass is 317 g/mol. The van der Waals surface area contributed by atoms with Gasteiger partial charge >= 0.3 is 5.97 Å². The van der Waals surface area contributed by atoms with E-state index in [-0.39, 0.29) is 12.6 Å². The Morgan fingerprint density at radius 1 is 1.12 bits per heavy atom. The molecule has 0 spiro atoms. The van der Waals surface area contributed by atoms with E-state index in [9.17, 15) is 4.79 Å². The Bertz CT molecular complexity index is 853. The predicted octanol–water partition coefficient (Wildman–Crippen LogP) is 3.88. The van der Waals surface area contributed by atoms with Gasteiger partial charge < -0.3 is 9.47 Å². The number of cyclic esters (lactones) is 1. The minimum atomic E-state index is -0.365. The smallest absolute Gasteiger partial charge is 0.343 e. The van der Waals surface area contributed by atoms with Crippen molar-refractivity contribution in [2.24, 2.45) is 0 Å². The Kier molecular flexibility index (Phi) is 4.44. The summed E-state index contributed by atoms with van der Waals surface area (Å²) in [6.45, 7) is 2.02. The topological polar surface area (TPSA) is 59.3 Å². The Hall–Kier alpha value is -3.32. The van der Waals surface area contributed by atoms with E-state index >= 15 is 0 Å². The van der Waals surface area contributed by atoms with E-state index in [1.54, 1.807) is 24.3 Å². The summed E-state index contributed by atoms with van der Waals surface area (Å²) in [6.07, 6.45) is 3.50. The van der Waals surface area contributed by atoms with Crippen molar-refractivity contribution in [2.45, 2.75) is 6.92 Å². The summed E-state index contributed by atoms with van der Waals surface area (Å²) in [5, 5.41) is 8.49. The number of nitrogens with zero attached hydrogens (tertiary/aromatic N) is 1. The lowest BCUT2D eigenvalue weighted by Gasteiger charge is -2.02. The molecule has 0 unspecified atom stereocenters. The van der Waals surface area contributed by atoms with Crippen LogP contribution >= 0.6 is 0 Å². The van der Waals surface area contributed by atoms with Crippen molar-refractivity contribution in [3.63, 3.8) is 0 Å². The summed E-state index contributed by atoms with van der Waals surface area (Å²) in [5.74, 6) is 0.805. The molecule has 2 aromatic carbocycles. The molecule has 4 heteroatoms. The van der Waals surface area contributed by atoms with Crippen LogP contribution in [0.15, 0.2) is 60.2 Å². The molecular formula is C20H15NO3. The molecule has 1 heterocycles. The Morgan fingerprint density at radius 2 is 1.83 bits per heavy atom. The number of esters is 1. The molecule has 118 valence electrons. The Labute approximate surface area is 140 Å². The average Bonchev–Trinajstić information content (AvgIpc) is 2.95. The lowest BCUT2D eigenvalue weighted by Crippen LogP contribution is -1.97. The molecule has 3 rings (SSSR count). The molecule has 0 atom stereocenters. The molecule has 0 amide bonds. The molecule has 2 aromatic rings. The van der Waals surface area contributed by atoms with Gasteiger partial charge in [-0.25, -0.2) is 4.79 Å². The molecule has 4 nitrogen and oxygen atoms in total. The number of hydrogen-bond acceptors (Lipinski definition) is 4. The number of aryl methyl sites for hydroxylation is 1. The number of benzene rings is 2. The standard InChI is InChI=1S/C20H15NO3/c1-14-2-6-16(7-3-14)19-13-17(20(22)24-19)12-15-4-8-18(9-5-15)23-11-10-21/h2-9,12-13H,11H2,1H3/b17-12+. The van der Waals surface area contributed by atoms with E-state index in [1.165, 1.54) is 0 Å². The van der Waals surface area contributed by atoms with Crippen LogP contribution in [-0.4, -0.2) is 12.6 Å². The van der Waals surface area contributed by atoms with Crippen LogP contribution in [0.3, 0.4) is 0 Å². The van der Waals surface area contributed by atoms with Crippen LogP contribution in [0.1, 0.15) is 16.7 Å². The summed E-state index contributed by atoms with van der Waals surface area (Å²) in [7, 11) is 0. The van der Waals surface area contributed by atoms with Crippen molar-refractivity contribution in [3.05, 3.63) is 76.9 Å². The third-order valence-corrected chi connectivity index (χ3v) is 3.57. The number of ether oxygens (including phenoxy) is 2. The summed E-state index contributed by atoms with van der Waals surface area (Å²) in [4.78, 5) is 12.0. The van der Waals surface area contributed by atoms with Gasteiger partial charge in [-0.3, -0.25) is 0 Å². The molecule has 0 fully saturated rings. The molecule has 0 bridgehead atoms. The van der Waals surface area contributed by atoms with Gasteiger partial charge in [0.05, 0.1) is 5.57 Å². The van der Waals surface area contributed by atoms with Crippen molar-refractivity contribution >= 4 is 17.8 Å². The van der Waals surface area contributed by atoms with Crippen molar-refractivity contribution in [3.8, 4) is 11.8 Å². The van der Waals surface area contributed by atoms with Crippen LogP contribution in [0.25, 0.3) is 11.8 Å². The lowest BCUT2D eigenvalue weighted by atomic mass is 10.1. The number of carbonyl (C=O) groups is 1. The highest BCUT2D eigenvalue weighted by Crippen LogP contribution is 2.27. The SMILES string of the molecule is Cc1ccc(C2=C/C(=C\c3ccc(OCC#N)cc3)C(=O)O2)cc1. The fourth-order valence-corrected chi connectivity index (χ4v) is 2.30. The van der Waals surface area contributed by atoms with E-state index in [1.807, 2.05) is 49.4 Å². The van der Waals surface area contributed by atoms with Gasteiger partial charge in [0.1, 0.15) is 17.6 Å². The fourth-order valence-electron chi connectivity index (χ4n) is 2.30. The fraction of sp³-hybridized carbons (Fsp3) is 0.100. The molecule has 24 heavy (non-hydrogen) atoms. The number of nitriles is 1.